The average Bonchev–Trinajstić information content (AvgIpc) is 3.12. The van der Waals surface area contributed by atoms with Crippen molar-refractivity contribution in [3.05, 3.63) is 59.9 Å². The van der Waals surface area contributed by atoms with Crippen molar-refractivity contribution in [3.63, 3.8) is 0 Å². The highest BCUT2D eigenvalue weighted by Gasteiger charge is 2.18. The third-order valence-electron chi connectivity index (χ3n) is 4.77. The SMILES string of the molecule is CC[C@@H](O)c1cc(C)c(-c2cc3cnccc3n3c(C(N)=O)cnc23)cn1. The first-order valence-electron chi connectivity index (χ1n) is 8.70. The maximum atomic E-state index is 11.9. The number of rotatable bonds is 4. The van der Waals surface area contributed by atoms with E-state index >= 15 is 0 Å². The summed E-state index contributed by atoms with van der Waals surface area (Å²) in [5.74, 6) is -0.547. The van der Waals surface area contributed by atoms with E-state index in [0.29, 0.717) is 23.5 Å². The molecule has 0 aliphatic rings. The second-order valence-electron chi connectivity index (χ2n) is 6.51. The van der Waals surface area contributed by atoms with E-state index in [2.05, 4.69) is 15.0 Å². The average molecular weight is 361 g/mol. The minimum Gasteiger partial charge on any atom is -0.387 e. The fraction of sp³-hybridized carbons (Fsp3) is 0.200. The van der Waals surface area contributed by atoms with Crippen LogP contribution in [0, 0.1) is 6.92 Å². The van der Waals surface area contributed by atoms with Gasteiger partial charge in [0.05, 0.1) is 23.5 Å². The number of amides is 1. The summed E-state index contributed by atoms with van der Waals surface area (Å²) in [6, 6.07) is 5.69. The molecule has 0 unspecified atom stereocenters. The minimum atomic E-state index is -0.591. The van der Waals surface area contributed by atoms with E-state index in [0.717, 1.165) is 27.6 Å². The highest BCUT2D eigenvalue weighted by atomic mass is 16.3. The molecule has 4 rings (SSSR count). The molecule has 4 aromatic rings. The molecule has 3 N–H and O–H groups in total. The Balaban J connectivity index is 2.03. The molecule has 136 valence electrons. The first-order valence-corrected chi connectivity index (χ1v) is 8.70. The quantitative estimate of drug-likeness (QED) is 0.581. The molecule has 4 heterocycles. The van der Waals surface area contributed by atoms with Gasteiger partial charge in [0.2, 0.25) is 0 Å². The predicted molar refractivity (Wildman–Crippen MR) is 102 cm³/mol. The normalized spacial score (nSPS) is 12.6. The minimum absolute atomic E-state index is 0.312. The van der Waals surface area contributed by atoms with Crippen molar-refractivity contribution < 1.29 is 9.90 Å². The summed E-state index contributed by atoms with van der Waals surface area (Å²) >= 11 is 0. The third-order valence-corrected chi connectivity index (χ3v) is 4.77. The lowest BCUT2D eigenvalue weighted by Crippen LogP contribution is -2.14. The number of pyridine rings is 3. The number of carbonyl (C=O) groups is 1. The Bertz CT molecular complexity index is 1180. The summed E-state index contributed by atoms with van der Waals surface area (Å²) in [5.41, 5.74) is 10.6. The van der Waals surface area contributed by atoms with Crippen LogP contribution in [0.1, 0.15) is 41.2 Å². The second kappa shape index (κ2) is 6.44. The third kappa shape index (κ3) is 2.72. The Hall–Kier alpha value is -3.32. The van der Waals surface area contributed by atoms with Gasteiger partial charge >= 0.3 is 0 Å². The summed E-state index contributed by atoms with van der Waals surface area (Å²) in [6.45, 7) is 3.87. The molecule has 0 radical (unpaired) electrons. The Labute approximate surface area is 155 Å². The number of fused-ring (bicyclic) bond motifs is 3. The molecule has 27 heavy (non-hydrogen) atoms. The predicted octanol–water partition coefficient (Wildman–Crippen LogP) is 2.80. The number of aromatic nitrogens is 4. The van der Waals surface area contributed by atoms with E-state index in [1.54, 1.807) is 23.0 Å². The zero-order valence-electron chi connectivity index (χ0n) is 15.0. The van der Waals surface area contributed by atoms with E-state index in [-0.39, 0.29) is 0 Å². The van der Waals surface area contributed by atoms with E-state index < -0.39 is 12.0 Å². The number of hydrogen-bond acceptors (Lipinski definition) is 5. The van der Waals surface area contributed by atoms with Crippen molar-refractivity contribution in [1.82, 2.24) is 19.4 Å². The van der Waals surface area contributed by atoms with Crippen molar-refractivity contribution >= 4 is 22.5 Å². The Kier molecular flexibility index (Phi) is 4.08. The smallest absolute Gasteiger partial charge is 0.267 e. The van der Waals surface area contributed by atoms with Gasteiger partial charge in [-0.2, -0.15) is 0 Å². The molecule has 4 aromatic heterocycles. The molecule has 0 aliphatic carbocycles. The standard InChI is InChI=1S/C20H19N5O2/c1-3-18(26)15-6-11(2)14(9-23-15)13-7-12-8-22-5-4-16(12)25-17(19(21)27)10-24-20(13)25/h4-10,18,26H,3H2,1-2H3,(H2,21,27)/t18-/m1/s1. The monoisotopic (exact) mass is 361 g/mol. The number of aliphatic hydroxyl groups excluding tert-OH is 1. The van der Waals surface area contributed by atoms with Crippen LogP contribution in [0.4, 0.5) is 0 Å². The van der Waals surface area contributed by atoms with Crippen LogP contribution >= 0.6 is 0 Å². The lowest BCUT2D eigenvalue weighted by molar-refractivity contribution is 0.0995. The lowest BCUT2D eigenvalue weighted by atomic mass is 10.0. The number of aliphatic hydroxyl groups is 1. The van der Waals surface area contributed by atoms with Crippen molar-refractivity contribution in [1.29, 1.82) is 0 Å². The van der Waals surface area contributed by atoms with Gasteiger partial charge in [0.25, 0.3) is 5.91 Å². The number of primary amides is 1. The maximum Gasteiger partial charge on any atom is 0.267 e. The molecule has 0 bridgehead atoms. The number of aryl methyl sites for hydroxylation is 1. The molecule has 1 atom stereocenters. The van der Waals surface area contributed by atoms with Crippen LogP contribution in [0.15, 0.2) is 43.0 Å². The first kappa shape index (κ1) is 17.1. The summed E-state index contributed by atoms with van der Waals surface area (Å²) in [6.07, 6.45) is 6.63. The molecule has 7 heteroatoms. The Morgan fingerprint density at radius 3 is 2.74 bits per heavy atom. The van der Waals surface area contributed by atoms with Gasteiger partial charge in [-0.25, -0.2) is 4.98 Å². The van der Waals surface area contributed by atoms with Gasteiger partial charge in [-0.3, -0.25) is 19.2 Å². The van der Waals surface area contributed by atoms with Crippen LogP contribution in [-0.4, -0.2) is 30.4 Å². The van der Waals surface area contributed by atoms with Crippen molar-refractivity contribution in [2.45, 2.75) is 26.4 Å². The number of nitrogens with two attached hydrogens (primary N) is 1. The first-order chi connectivity index (χ1) is 13.0. The summed E-state index contributed by atoms with van der Waals surface area (Å²) in [4.78, 5) is 24.9. The Morgan fingerprint density at radius 1 is 1.22 bits per heavy atom. The van der Waals surface area contributed by atoms with Crippen LogP contribution in [0.3, 0.4) is 0 Å². The van der Waals surface area contributed by atoms with E-state index in [9.17, 15) is 9.90 Å². The molecular formula is C20H19N5O2. The number of carbonyl (C=O) groups excluding carboxylic acids is 1. The molecule has 0 spiro atoms. The fourth-order valence-corrected chi connectivity index (χ4v) is 3.34. The van der Waals surface area contributed by atoms with Gasteiger partial charge in [-0.15, -0.1) is 0 Å². The van der Waals surface area contributed by atoms with E-state index in [1.807, 2.05) is 32.0 Å². The largest absolute Gasteiger partial charge is 0.387 e. The van der Waals surface area contributed by atoms with Gasteiger partial charge in [-0.05, 0) is 37.1 Å². The zero-order valence-corrected chi connectivity index (χ0v) is 15.0. The fourth-order valence-electron chi connectivity index (χ4n) is 3.34. The van der Waals surface area contributed by atoms with Crippen LogP contribution in [0.2, 0.25) is 0 Å². The van der Waals surface area contributed by atoms with Crippen LogP contribution < -0.4 is 5.73 Å². The molecular weight excluding hydrogens is 342 g/mol. The molecule has 0 aromatic carbocycles. The van der Waals surface area contributed by atoms with Gasteiger partial charge in [0.15, 0.2) is 0 Å². The molecule has 0 fully saturated rings. The van der Waals surface area contributed by atoms with Crippen LogP contribution in [-0.2, 0) is 0 Å². The number of nitrogens with zero attached hydrogens (tertiary/aromatic N) is 4. The van der Waals surface area contributed by atoms with Gasteiger partial charge in [0, 0.05) is 35.1 Å². The zero-order chi connectivity index (χ0) is 19.1. The molecule has 0 saturated carbocycles. The lowest BCUT2D eigenvalue weighted by Gasteiger charge is -2.13. The molecule has 0 aliphatic heterocycles. The summed E-state index contributed by atoms with van der Waals surface area (Å²) < 4.78 is 1.75. The van der Waals surface area contributed by atoms with Crippen molar-refractivity contribution in [3.8, 4) is 11.1 Å². The van der Waals surface area contributed by atoms with Gasteiger partial charge in [0.1, 0.15) is 11.3 Å². The highest BCUT2D eigenvalue weighted by Crippen LogP contribution is 2.32. The summed E-state index contributed by atoms with van der Waals surface area (Å²) in [5, 5.41) is 10.9. The second-order valence-corrected chi connectivity index (χ2v) is 6.51. The van der Waals surface area contributed by atoms with Crippen molar-refractivity contribution in [2.75, 3.05) is 0 Å². The van der Waals surface area contributed by atoms with Crippen LogP contribution in [0.5, 0.6) is 0 Å². The summed E-state index contributed by atoms with van der Waals surface area (Å²) in [7, 11) is 0. The number of hydrogen-bond donors (Lipinski definition) is 2. The van der Waals surface area contributed by atoms with Crippen LogP contribution in [0.25, 0.3) is 27.7 Å². The van der Waals surface area contributed by atoms with Crippen molar-refractivity contribution in [2.24, 2.45) is 5.73 Å². The highest BCUT2D eigenvalue weighted by molar-refractivity contribution is 5.98. The molecule has 0 saturated heterocycles. The Morgan fingerprint density at radius 2 is 2.04 bits per heavy atom. The van der Waals surface area contributed by atoms with E-state index in [4.69, 9.17) is 5.73 Å². The van der Waals surface area contributed by atoms with Gasteiger partial charge in [-0.1, -0.05) is 6.92 Å². The molecule has 7 nitrogen and oxygen atoms in total. The molecule has 1 amide bonds. The van der Waals surface area contributed by atoms with Gasteiger partial charge < -0.3 is 10.8 Å². The maximum absolute atomic E-state index is 11.9. The number of imidazole rings is 1. The topological polar surface area (TPSA) is 106 Å². The van der Waals surface area contributed by atoms with E-state index in [1.165, 1.54) is 6.20 Å².